The highest BCUT2D eigenvalue weighted by atomic mass is 35.5. The van der Waals surface area contributed by atoms with Crippen LogP contribution in [0, 0.1) is 6.42 Å². The molecule has 0 unspecified atom stereocenters. The fourth-order valence-electron chi connectivity index (χ4n) is 3.21. The Hall–Kier alpha value is -2.97. The third-order valence-electron chi connectivity index (χ3n) is 4.66. The van der Waals surface area contributed by atoms with E-state index in [0.29, 0.717) is 0 Å². The molecule has 0 amide bonds. The van der Waals surface area contributed by atoms with Gasteiger partial charge in [0.2, 0.25) is 0 Å². The van der Waals surface area contributed by atoms with Crippen LogP contribution in [0.1, 0.15) is 17.5 Å². The van der Waals surface area contributed by atoms with Gasteiger partial charge in [-0.25, -0.2) is 0 Å². The zero-order valence-electron chi connectivity index (χ0n) is 15.6. The molecule has 0 saturated carbocycles. The zero-order chi connectivity index (χ0) is 19.3. The maximum Gasteiger partial charge on any atom is 0.127 e. The van der Waals surface area contributed by atoms with Crippen LogP contribution in [0.15, 0.2) is 90.0 Å². The van der Waals surface area contributed by atoms with Crippen LogP contribution in [-0.4, -0.2) is 7.11 Å². The summed E-state index contributed by atoms with van der Waals surface area (Å²) in [4.78, 5) is 0. The number of benzene rings is 3. The number of methoxy groups -OCH3 is 1. The third-order valence-corrected chi connectivity index (χ3v) is 5.07. The van der Waals surface area contributed by atoms with Crippen LogP contribution >= 0.6 is 11.6 Å². The van der Waals surface area contributed by atoms with Crippen LogP contribution in [0.3, 0.4) is 0 Å². The molecule has 1 aliphatic carbocycles. The molecule has 0 aromatic heterocycles. The van der Waals surface area contributed by atoms with E-state index in [4.69, 9.17) is 21.1 Å². The molecular formula is C25H20ClO2. The number of hydrogen-bond donors (Lipinski definition) is 0. The number of hydrogen-bond acceptors (Lipinski definition) is 2. The zero-order valence-corrected chi connectivity index (χ0v) is 16.3. The lowest BCUT2D eigenvalue weighted by molar-refractivity contribution is 0.415. The van der Waals surface area contributed by atoms with E-state index in [0.717, 1.165) is 51.0 Å². The number of ether oxygens (including phenoxy) is 2. The van der Waals surface area contributed by atoms with Crippen LogP contribution in [-0.2, 0) is 0 Å². The fraction of sp³-hybridized carbons (Fsp3) is 0.0800. The highest BCUT2D eigenvalue weighted by molar-refractivity contribution is 6.40. The predicted octanol–water partition coefficient (Wildman–Crippen LogP) is 7.13. The van der Waals surface area contributed by atoms with Gasteiger partial charge in [-0.05, 0) is 71.5 Å². The standard InChI is InChI=1S/C25H20ClO2/c1-27-20-14-10-18(11-15-20)23-8-5-9-24(25(23)26)19-12-16-22(17-13-19)28-21-6-3-2-4-7-21/h2-4,6-17H,5H2,1H3. The largest absolute Gasteiger partial charge is 0.497 e. The summed E-state index contributed by atoms with van der Waals surface area (Å²) in [6.45, 7) is 0. The quantitative estimate of drug-likeness (QED) is 0.463. The van der Waals surface area contributed by atoms with Crippen molar-refractivity contribution in [2.24, 2.45) is 0 Å². The van der Waals surface area contributed by atoms with Gasteiger partial charge in [-0.2, -0.15) is 0 Å². The Balaban J connectivity index is 1.57. The van der Waals surface area contributed by atoms with Gasteiger partial charge in [-0.15, -0.1) is 0 Å². The van der Waals surface area contributed by atoms with E-state index in [1.54, 1.807) is 7.11 Å². The van der Waals surface area contributed by atoms with E-state index in [2.05, 4.69) is 12.5 Å². The summed E-state index contributed by atoms with van der Waals surface area (Å²) in [6, 6.07) is 25.8. The normalized spacial score (nSPS) is 13.9. The van der Waals surface area contributed by atoms with Gasteiger partial charge in [0, 0.05) is 0 Å². The molecule has 4 rings (SSSR count). The summed E-state index contributed by atoms with van der Waals surface area (Å²) < 4.78 is 11.1. The van der Waals surface area contributed by atoms with Crippen molar-refractivity contribution in [2.75, 3.05) is 7.11 Å². The van der Waals surface area contributed by atoms with Gasteiger partial charge in [-0.3, -0.25) is 0 Å². The lowest BCUT2D eigenvalue weighted by Gasteiger charge is -2.19. The Bertz CT molecular complexity index is 1000. The number of rotatable bonds is 5. The number of halogens is 1. The lowest BCUT2D eigenvalue weighted by Crippen LogP contribution is -1.98. The van der Waals surface area contributed by atoms with Crippen LogP contribution in [0.25, 0.3) is 11.1 Å². The fourth-order valence-corrected chi connectivity index (χ4v) is 3.58. The van der Waals surface area contributed by atoms with Crippen molar-refractivity contribution in [3.63, 3.8) is 0 Å². The highest BCUT2D eigenvalue weighted by Gasteiger charge is 2.17. The molecule has 0 spiro atoms. The third kappa shape index (κ3) is 3.97. The molecule has 1 aliphatic rings. The minimum absolute atomic E-state index is 0.758. The lowest BCUT2D eigenvalue weighted by atomic mass is 9.90. The van der Waals surface area contributed by atoms with Crippen LogP contribution in [0.2, 0.25) is 0 Å². The average Bonchev–Trinajstić information content (AvgIpc) is 2.75. The van der Waals surface area contributed by atoms with Crippen molar-refractivity contribution < 1.29 is 9.47 Å². The van der Waals surface area contributed by atoms with E-state index < -0.39 is 0 Å². The Kier molecular flexibility index (Phi) is 5.50. The molecule has 1 radical (unpaired) electrons. The summed E-state index contributed by atoms with van der Waals surface area (Å²) in [6.07, 6.45) is 5.15. The SMILES string of the molecule is COc1ccc(C2=C(Cl)C(c3ccc(Oc4ccccc4)cc3)=CC[CH]2)cc1. The second-order valence-corrected chi connectivity index (χ2v) is 6.83. The first kappa shape index (κ1) is 18.4. The number of para-hydroxylation sites is 1. The second-order valence-electron chi connectivity index (χ2n) is 6.45. The molecule has 139 valence electrons. The van der Waals surface area contributed by atoms with Gasteiger partial charge in [0.1, 0.15) is 17.2 Å². The van der Waals surface area contributed by atoms with Crippen molar-refractivity contribution in [3.05, 3.63) is 108 Å². The molecule has 3 heteroatoms. The Morgan fingerprint density at radius 3 is 2.00 bits per heavy atom. The van der Waals surface area contributed by atoms with Gasteiger partial charge in [-0.1, -0.05) is 60.1 Å². The summed E-state index contributed by atoms with van der Waals surface area (Å²) in [5.41, 5.74) is 4.25. The first-order chi connectivity index (χ1) is 13.7. The summed E-state index contributed by atoms with van der Waals surface area (Å²) >= 11 is 6.78. The van der Waals surface area contributed by atoms with Gasteiger partial charge in [0.25, 0.3) is 0 Å². The minimum atomic E-state index is 0.758. The molecule has 0 heterocycles. The molecule has 0 aliphatic heterocycles. The molecule has 0 N–H and O–H groups in total. The molecular weight excluding hydrogens is 368 g/mol. The molecule has 3 aromatic rings. The van der Waals surface area contributed by atoms with Crippen molar-refractivity contribution in [3.8, 4) is 17.2 Å². The summed E-state index contributed by atoms with van der Waals surface area (Å²) in [5.74, 6) is 2.45. The summed E-state index contributed by atoms with van der Waals surface area (Å²) in [7, 11) is 1.67. The molecule has 0 atom stereocenters. The molecule has 2 nitrogen and oxygen atoms in total. The van der Waals surface area contributed by atoms with E-state index in [9.17, 15) is 0 Å². The summed E-state index contributed by atoms with van der Waals surface area (Å²) in [5, 5.41) is 0.758. The second kappa shape index (κ2) is 8.37. The van der Waals surface area contributed by atoms with Gasteiger partial charge in [0.05, 0.1) is 12.1 Å². The first-order valence-corrected chi connectivity index (χ1v) is 9.53. The predicted molar refractivity (Wildman–Crippen MR) is 116 cm³/mol. The van der Waals surface area contributed by atoms with Gasteiger partial charge >= 0.3 is 0 Å². The van der Waals surface area contributed by atoms with E-state index in [1.807, 2.05) is 78.9 Å². The van der Waals surface area contributed by atoms with E-state index in [-0.39, 0.29) is 0 Å². The first-order valence-electron chi connectivity index (χ1n) is 9.16. The Morgan fingerprint density at radius 1 is 0.714 bits per heavy atom. The van der Waals surface area contributed by atoms with Gasteiger partial charge < -0.3 is 9.47 Å². The van der Waals surface area contributed by atoms with Crippen molar-refractivity contribution >= 4 is 22.7 Å². The van der Waals surface area contributed by atoms with E-state index >= 15 is 0 Å². The van der Waals surface area contributed by atoms with Crippen molar-refractivity contribution in [2.45, 2.75) is 6.42 Å². The smallest absolute Gasteiger partial charge is 0.127 e. The van der Waals surface area contributed by atoms with Crippen LogP contribution in [0.5, 0.6) is 17.2 Å². The van der Waals surface area contributed by atoms with Crippen molar-refractivity contribution in [1.29, 1.82) is 0 Å². The Morgan fingerprint density at radius 2 is 1.32 bits per heavy atom. The maximum absolute atomic E-state index is 6.78. The number of allylic oxidation sites excluding steroid dienone is 4. The van der Waals surface area contributed by atoms with E-state index in [1.165, 1.54) is 0 Å². The van der Waals surface area contributed by atoms with Crippen LogP contribution < -0.4 is 9.47 Å². The minimum Gasteiger partial charge on any atom is -0.497 e. The topological polar surface area (TPSA) is 18.5 Å². The molecule has 3 aromatic carbocycles. The molecule has 28 heavy (non-hydrogen) atoms. The molecule has 0 bridgehead atoms. The highest BCUT2D eigenvalue weighted by Crippen LogP contribution is 2.39. The molecule has 0 saturated heterocycles. The monoisotopic (exact) mass is 387 g/mol. The molecule has 0 fully saturated rings. The van der Waals surface area contributed by atoms with Crippen LogP contribution in [0.4, 0.5) is 0 Å². The Labute approximate surface area is 170 Å². The average molecular weight is 388 g/mol. The van der Waals surface area contributed by atoms with Crippen molar-refractivity contribution in [1.82, 2.24) is 0 Å². The maximum atomic E-state index is 6.78. The van der Waals surface area contributed by atoms with Gasteiger partial charge in [0.15, 0.2) is 0 Å².